The molecule has 1 saturated heterocycles. The molecule has 3 aromatic rings. The van der Waals surface area contributed by atoms with Gasteiger partial charge in [0, 0.05) is 43.4 Å². The predicted octanol–water partition coefficient (Wildman–Crippen LogP) is 6.07. The number of benzene rings is 3. The summed E-state index contributed by atoms with van der Waals surface area (Å²) in [5, 5.41) is 0.687. The molecule has 0 radical (unpaired) electrons. The molecule has 7 heteroatoms. The molecule has 0 N–H and O–H groups in total. The molecule has 0 bridgehead atoms. The van der Waals surface area contributed by atoms with Gasteiger partial charge < -0.3 is 14.4 Å². The Morgan fingerprint density at radius 3 is 2.05 bits per heavy atom. The number of hydrogen-bond donors (Lipinski definition) is 0. The van der Waals surface area contributed by atoms with Crippen molar-refractivity contribution < 1.29 is 19.1 Å². The highest BCUT2D eigenvalue weighted by Crippen LogP contribution is 2.28. The number of hydrogen-bond acceptors (Lipinski definition) is 6. The van der Waals surface area contributed by atoms with Crippen molar-refractivity contribution in [3.05, 3.63) is 88.4 Å². The standard InChI is InChI=1S/C30H33ClN2O4/c1-30(2,3)37-29(35)22-7-12-26(13-8-22)33-17-15-32(16-18-33)20-24-19-23(28(34)36-4)9-14-27(24)21-5-10-25(31)11-6-21/h5-14,19H,15-18,20H2,1-4H3. The van der Waals surface area contributed by atoms with E-state index in [1.165, 1.54) is 7.11 Å². The van der Waals surface area contributed by atoms with E-state index in [-0.39, 0.29) is 11.9 Å². The molecule has 37 heavy (non-hydrogen) atoms. The highest BCUT2D eigenvalue weighted by Gasteiger charge is 2.21. The maximum Gasteiger partial charge on any atom is 0.338 e. The molecule has 0 saturated carbocycles. The smallest absolute Gasteiger partial charge is 0.338 e. The molecule has 0 spiro atoms. The van der Waals surface area contributed by atoms with Crippen molar-refractivity contribution in [1.82, 2.24) is 4.90 Å². The number of nitrogens with zero attached hydrogens (tertiary/aromatic N) is 2. The van der Waals surface area contributed by atoms with Gasteiger partial charge in [0.25, 0.3) is 0 Å². The fourth-order valence-corrected chi connectivity index (χ4v) is 4.56. The van der Waals surface area contributed by atoms with E-state index in [9.17, 15) is 9.59 Å². The van der Waals surface area contributed by atoms with Gasteiger partial charge in [0.1, 0.15) is 5.60 Å². The van der Waals surface area contributed by atoms with E-state index in [0.717, 1.165) is 48.6 Å². The Labute approximate surface area is 223 Å². The predicted molar refractivity (Wildman–Crippen MR) is 147 cm³/mol. The number of anilines is 1. The number of carbonyl (C=O) groups excluding carboxylic acids is 2. The van der Waals surface area contributed by atoms with Crippen molar-refractivity contribution in [3.8, 4) is 11.1 Å². The number of carbonyl (C=O) groups is 2. The van der Waals surface area contributed by atoms with E-state index in [1.807, 2.05) is 81.4 Å². The normalized spacial score (nSPS) is 14.4. The highest BCUT2D eigenvalue weighted by atomic mass is 35.5. The van der Waals surface area contributed by atoms with Gasteiger partial charge in [0.15, 0.2) is 0 Å². The minimum absolute atomic E-state index is 0.311. The Morgan fingerprint density at radius 1 is 0.838 bits per heavy atom. The summed E-state index contributed by atoms with van der Waals surface area (Å²) < 4.78 is 10.4. The molecule has 3 aromatic carbocycles. The second-order valence-corrected chi connectivity index (χ2v) is 10.6. The Bertz CT molecular complexity index is 1240. The minimum Gasteiger partial charge on any atom is -0.465 e. The van der Waals surface area contributed by atoms with Crippen LogP contribution in [0.3, 0.4) is 0 Å². The number of ether oxygens (including phenoxy) is 2. The Morgan fingerprint density at radius 2 is 1.46 bits per heavy atom. The van der Waals surface area contributed by atoms with Gasteiger partial charge in [-0.1, -0.05) is 29.8 Å². The van der Waals surface area contributed by atoms with Crippen LogP contribution in [0, 0.1) is 0 Å². The number of piperazine rings is 1. The summed E-state index contributed by atoms with van der Waals surface area (Å²) in [6.45, 7) is 9.77. The monoisotopic (exact) mass is 520 g/mol. The second kappa shape index (κ2) is 11.4. The summed E-state index contributed by atoms with van der Waals surface area (Å²) >= 11 is 6.10. The van der Waals surface area contributed by atoms with Crippen molar-refractivity contribution in [2.45, 2.75) is 32.9 Å². The van der Waals surface area contributed by atoms with Crippen LogP contribution < -0.4 is 4.90 Å². The second-order valence-electron chi connectivity index (χ2n) is 10.2. The summed E-state index contributed by atoms with van der Waals surface area (Å²) in [6, 6.07) is 21.1. The molecule has 0 unspecified atom stereocenters. The lowest BCUT2D eigenvalue weighted by atomic mass is 9.97. The maximum atomic E-state index is 12.3. The Hall–Kier alpha value is -3.35. The van der Waals surface area contributed by atoms with Crippen LogP contribution in [0.2, 0.25) is 5.02 Å². The minimum atomic E-state index is -0.518. The zero-order valence-electron chi connectivity index (χ0n) is 21.8. The van der Waals surface area contributed by atoms with Crippen molar-refractivity contribution in [3.63, 3.8) is 0 Å². The SMILES string of the molecule is COC(=O)c1ccc(-c2ccc(Cl)cc2)c(CN2CCN(c3ccc(C(=O)OC(C)(C)C)cc3)CC2)c1. The molecule has 0 amide bonds. The van der Waals surface area contributed by atoms with Crippen LogP contribution in [0.1, 0.15) is 47.1 Å². The van der Waals surface area contributed by atoms with Crippen molar-refractivity contribution in [2.24, 2.45) is 0 Å². The van der Waals surface area contributed by atoms with Crippen LogP contribution in [-0.2, 0) is 16.0 Å². The van der Waals surface area contributed by atoms with E-state index in [0.29, 0.717) is 22.7 Å². The lowest BCUT2D eigenvalue weighted by Gasteiger charge is -2.36. The molecule has 1 fully saturated rings. The lowest BCUT2D eigenvalue weighted by molar-refractivity contribution is 0.00693. The third-order valence-corrected chi connectivity index (χ3v) is 6.57. The molecule has 1 aliphatic rings. The summed E-state index contributed by atoms with van der Waals surface area (Å²) in [6.07, 6.45) is 0. The summed E-state index contributed by atoms with van der Waals surface area (Å²) in [5.41, 5.74) is 4.86. The molecule has 4 rings (SSSR count). The van der Waals surface area contributed by atoms with Gasteiger partial charge in [0.2, 0.25) is 0 Å². The first-order valence-electron chi connectivity index (χ1n) is 12.4. The molecule has 1 aliphatic heterocycles. The summed E-state index contributed by atoms with van der Waals surface area (Å²) in [4.78, 5) is 29.2. The quantitative estimate of drug-likeness (QED) is 0.368. The Kier molecular flexibility index (Phi) is 8.20. The van der Waals surface area contributed by atoms with Crippen LogP contribution in [0.4, 0.5) is 5.69 Å². The van der Waals surface area contributed by atoms with E-state index < -0.39 is 5.60 Å². The molecule has 194 valence electrons. The fourth-order valence-electron chi connectivity index (χ4n) is 4.43. The van der Waals surface area contributed by atoms with Crippen LogP contribution in [0.25, 0.3) is 11.1 Å². The van der Waals surface area contributed by atoms with Crippen LogP contribution in [-0.4, -0.2) is 55.7 Å². The molecule has 6 nitrogen and oxygen atoms in total. The molecule has 0 aromatic heterocycles. The molecular formula is C30H33ClN2O4. The first kappa shape index (κ1) is 26.7. The van der Waals surface area contributed by atoms with E-state index in [1.54, 1.807) is 6.07 Å². The van der Waals surface area contributed by atoms with Gasteiger partial charge >= 0.3 is 11.9 Å². The van der Waals surface area contributed by atoms with Gasteiger partial charge in [-0.2, -0.15) is 0 Å². The Balaban J connectivity index is 1.44. The molecule has 1 heterocycles. The third-order valence-electron chi connectivity index (χ3n) is 6.31. The topological polar surface area (TPSA) is 59.1 Å². The summed E-state index contributed by atoms with van der Waals surface area (Å²) in [7, 11) is 1.40. The number of methoxy groups -OCH3 is 1. The fraction of sp³-hybridized carbons (Fsp3) is 0.333. The van der Waals surface area contributed by atoms with Crippen LogP contribution in [0.15, 0.2) is 66.7 Å². The largest absolute Gasteiger partial charge is 0.465 e. The van der Waals surface area contributed by atoms with Gasteiger partial charge in [-0.25, -0.2) is 9.59 Å². The maximum absolute atomic E-state index is 12.3. The average molecular weight is 521 g/mol. The number of esters is 2. The number of rotatable bonds is 6. The van der Waals surface area contributed by atoms with Crippen molar-refractivity contribution >= 4 is 29.2 Å². The average Bonchev–Trinajstić information content (AvgIpc) is 2.88. The zero-order valence-corrected chi connectivity index (χ0v) is 22.5. The van der Waals surface area contributed by atoms with E-state index >= 15 is 0 Å². The van der Waals surface area contributed by atoms with Crippen molar-refractivity contribution in [2.75, 3.05) is 38.2 Å². The van der Waals surface area contributed by atoms with Gasteiger partial charge in [-0.3, -0.25) is 4.90 Å². The van der Waals surface area contributed by atoms with E-state index in [4.69, 9.17) is 21.1 Å². The van der Waals surface area contributed by atoms with Gasteiger partial charge in [-0.05, 0) is 86.0 Å². The first-order chi connectivity index (χ1) is 17.6. The first-order valence-corrected chi connectivity index (χ1v) is 12.8. The van der Waals surface area contributed by atoms with Crippen LogP contribution in [0.5, 0.6) is 0 Å². The zero-order chi connectivity index (χ0) is 26.6. The highest BCUT2D eigenvalue weighted by molar-refractivity contribution is 6.30. The number of halogens is 1. The summed E-state index contributed by atoms with van der Waals surface area (Å²) in [5.74, 6) is -0.655. The lowest BCUT2D eigenvalue weighted by Crippen LogP contribution is -2.46. The van der Waals surface area contributed by atoms with Gasteiger partial charge in [0.05, 0.1) is 18.2 Å². The van der Waals surface area contributed by atoms with Crippen molar-refractivity contribution in [1.29, 1.82) is 0 Å². The molecular weight excluding hydrogens is 488 g/mol. The molecule has 0 aliphatic carbocycles. The van der Waals surface area contributed by atoms with E-state index in [2.05, 4.69) is 9.80 Å². The van der Waals surface area contributed by atoms with Gasteiger partial charge in [-0.15, -0.1) is 0 Å². The molecule has 0 atom stereocenters. The third kappa shape index (κ3) is 6.90. The van der Waals surface area contributed by atoms with Crippen LogP contribution >= 0.6 is 11.6 Å².